The third kappa shape index (κ3) is 7.33. The van der Waals surface area contributed by atoms with Crippen LogP contribution in [0.3, 0.4) is 0 Å². The minimum Gasteiger partial charge on any atom is -0.481 e. The number of carbonyl (C=O) groups is 2. The average molecular weight is 396 g/mol. The van der Waals surface area contributed by atoms with Gasteiger partial charge >= 0.3 is 5.97 Å². The summed E-state index contributed by atoms with van der Waals surface area (Å²) in [7, 11) is -3.41. The van der Waals surface area contributed by atoms with Gasteiger partial charge in [-0.1, -0.05) is 50.3 Å². The van der Waals surface area contributed by atoms with E-state index in [-0.39, 0.29) is 29.7 Å². The Morgan fingerprint density at radius 1 is 1.19 bits per heavy atom. The molecule has 0 saturated heterocycles. The smallest absolute Gasteiger partial charge is 0.303 e. The van der Waals surface area contributed by atoms with E-state index in [1.165, 1.54) is 25.3 Å². The highest BCUT2D eigenvalue weighted by molar-refractivity contribution is 7.90. The molecule has 2 N–H and O–H groups in total. The van der Waals surface area contributed by atoms with E-state index in [9.17, 15) is 18.0 Å². The van der Waals surface area contributed by atoms with Crippen LogP contribution < -0.4 is 5.32 Å². The third-order valence-electron chi connectivity index (χ3n) is 5.14. The summed E-state index contributed by atoms with van der Waals surface area (Å²) >= 11 is 0. The Morgan fingerprint density at radius 2 is 1.85 bits per heavy atom. The van der Waals surface area contributed by atoms with E-state index in [1.54, 1.807) is 18.2 Å². The second-order valence-corrected chi connectivity index (χ2v) is 9.48. The van der Waals surface area contributed by atoms with Gasteiger partial charge in [0.15, 0.2) is 9.84 Å². The lowest BCUT2D eigenvalue weighted by Gasteiger charge is -2.27. The average Bonchev–Trinajstić information content (AvgIpc) is 2.60. The number of carboxylic acids is 1. The number of aliphatic carboxylic acids is 1. The van der Waals surface area contributed by atoms with E-state index in [0.29, 0.717) is 17.9 Å². The van der Waals surface area contributed by atoms with Gasteiger partial charge in [-0.25, -0.2) is 8.42 Å². The summed E-state index contributed by atoms with van der Waals surface area (Å²) < 4.78 is 23.8. The minimum absolute atomic E-state index is 0.0115. The van der Waals surface area contributed by atoms with Crippen molar-refractivity contribution in [3.05, 3.63) is 29.8 Å². The molecule has 1 saturated carbocycles. The second-order valence-electron chi connectivity index (χ2n) is 7.49. The molecule has 0 spiro atoms. The summed E-state index contributed by atoms with van der Waals surface area (Å²) in [4.78, 5) is 23.6. The highest BCUT2D eigenvalue weighted by Crippen LogP contribution is 2.28. The van der Waals surface area contributed by atoms with E-state index < -0.39 is 15.8 Å². The predicted molar refractivity (Wildman–Crippen MR) is 103 cm³/mol. The van der Waals surface area contributed by atoms with Crippen molar-refractivity contribution in [2.75, 3.05) is 6.26 Å². The highest BCUT2D eigenvalue weighted by Gasteiger charge is 2.22. The maximum Gasteiger partial charge on any atom is 0.303 e. The first-order valence-corrected chi connectivity index (χ1v) is 11.4. The van der Waals surface area contributed by atoms with Crippen molar-refractivity contribution in [2.24, 2.45) is 5.92 Å². The molecule has 1 unspecified atom stereocenters. The molecule has 1 aromatic carbocycles. The largest absolute Gasteiger partial charge is 0.481 e. The van der Waals surface area contributed by atoms with Crippen LogP contribution in [0.1, 0.15) is 56.9 Å². The molecule has 1 fully saturated rings. The fraction of sp³-hybridized carbons (Fsp3) is 0.600. The Kier molecular flexibility index (Phi) is 7.83. The van der Waals surface area contributed by atoms with Gasteiger partial charge in [-0.2, -0.15) is 0 Å². The third-order valence-corrected chi connectivity index (χ3v) is 6.33. The number of amides is 1. The summed E-state index contributed by atoms with van der Waals surface area (Å²) in [6, 6.07) is 6.30. The van der Waals surface area contributed by atoms with Crippen molar-refractivity contribution in [3.8, 4) is 0 Å². The van der Waals surface area contributed by atoms with Crippen molar-refractivity contribution in [2.45, 2.75) is 68.7 Å². The van der Waals surface area contributed by atoms with E-state index >= 15 is 0 Å². The molecule has 1 atom stereocenters. The van der Waals surface area contributed by atoms with Gasteiger partial charge in [0.2, 0.25) is 5.91 Å². The molecule has 1 aliphatic carbocycles. The van der Waals surface area contributed by atoms with Crippen LogP contribution >= 0.6 is 0 Å². The lowest BCUT2D eigenvalue weighted by molar-refractivity contribution is -0.137. The molecule has 0 aliphatic heterocycles. The number of carbonyl (C=O) groups excluding carboxylic acids is 1. The lowest BCUT2D eigenvalue weighted by atomic mass is 9.84. The second kappa shape index (κ2) is 9.88. The maximum atomic E-state index is 12.5. The molecule has 1 aromatic rings. The standard InChI is InChI=1S/C20H29NO5S/c1-27(25,26)18-10-6-5-9-16(18)14-19(22)21-17(11-12-20(23)24)13-15-7-3-2-4-8-15/h5-6,9-10,15,17H,2-4,7-8,11-14H2,1H3,(H,21,22)(H,23,24). The molecule has 0 heterocycles. The quantitative estimate of drug-likeness (QED) is 0.669. The maximum absolute atomic E-state index is 12.5. The van der Waals surface area contributed by atoms with Gasteiger partial charge in [0, 0.05) is 18.7 Å². The van der Waals surface area contributed by atoms with Crippen LogP contribution in [0.4, 0.5) is 0 Å². The number of hydrogen-bond acceptors (Lipinski definition) is 4. The van der Waals surface area contributed by atoms with Gasteiger partial charge in [0.05, 0.1) is 11.3 Å². The topological polar surface area (TPSA) is 101 Å². The fourth-order valence-electron chi connectivity index (χ4n) is 3.84. The van der Waals surface area contributed by atoms with E-state index in [2.05, 4.69) is 5.32 Å². The number of sulfone groups is 1. The van der Waals surface area contributed by atoms with Crippen LogP contribution in [0.5, 0.6) is 0 Å². The highest BCUT2D eigenvalue weighted by atomic mass is 32.2. The molecule has 0 bridgehead atoms. The van der Waals surface area contributed by atoms with Crippen LogP contribution in [0.2, 0.25) is 0 Å². The lowest BCUT2D eigenvalue weighted by Crippen LogP contribution is -2.38. The zero-order valence-electron chi connectivity index (χ0n) is 15.8. The van der Waals surface area contributed by atoms with Crippen LogP contribution in [0.15, 0.2) is 29.2 Å². The Bertz CT molecular complexity index is 753. The number of hydrogen-bond donors (Lipinski definition) is 2. The molecule has 150 valence electrons. The van der Waals surface area contributed by atoms with Gasteiger partial charge in [-0.3, -0.25) is 9.59 Å². The normalized spacial score (nSPS) is 16.6. The van der Waals surface area contributed by atoms with Crippen molar-refractivity contribution >= 4 is 21.7 Å². The van der Waals surface area contributed by atoms with Crippen molar-refractivity contribution in [1.82, 2.24) is 5.32 Å². The molecular weight excluding hydrogens is 366 g/mol. The molecule has 7 heteroatoms. The zero-order chi connectivity index (χ0) is 19.9. The number of carboxylic acid groups (broad SMARTS) is 1. The van der Waals surface area contributed by atoms with Crippen molar-refractivity contribution < 1.29 is 23.1 Å². The van der Waals surface area contributed by atoms with Gasteiger partial charge in [-0.05, 0) is 30.4 Å². The Morgan fingerprint density at radius 3 is 2.48 bits per heavy atom. The number of rotatable bonds is 9. The first-order valence-electron chi connectivity index (χ1n) is 9.55. The summed E-state index contributed by atoms with van der Waals surface area (Å²) in [5, 5.41) is 11.9. The minimum atomic E-state index is -3.41. The first kappa shape index (κ1) is 21.4. The summed E-state index contributed by atoms with van der Waals surface area (Å²) in [6.45, 7) is 0. The monoisotopic (exact) mass is 395 g/mol. The molecule has 0 aromatic heterocycles. The molecule has 6 nitrogen and oxygen atoms in total. The van der Waals surface area contributed by atoms with Gasteiger partial charge in [0.25, 0.3) is 0 Å². The van der Waals surface area contributed by atoms with E-state index in [4.69, 9.17) is 5.11 Å². The number of nitrogens with one attached hydrogen (secondary N) is 1. The first-order chi connectivity index (χ1) is 12.8. The molecule has 27 heavy (non-hydrogen) atoms. The predicted octanol–water partition coefficient (Wildman–Crippen LogP) is 2.95. The van der Waals surface area contributed by atoms with Crippen molar-refractivity contribution in [1.29, 1.82) is 0 Å². The molecule has 1 amide bonds. The van der Waals surface area contributed by atoms with Gasteiger partial charge in [-0.15, -0.1) is 0 Å². The SMILES string of the molecule is CS(=O)(=O)c1ccccc1CC(=O)NC(CCC(=O)O)CC1CCCCC1. The van der Waals surface area contributed by atoms with Crippen LogP contribution in [0, 0.1) is 5.92 Å². The van der Waals surface area contributed by atoms with Gasteiger partial charge < -0.3 is 10.4 Å². The zero-order valence-corrected chi connectivity index (χ0v) is 16.6. The van der Waals surface area contributed by atoms with Crippen LogP contribution in [-0.2, 0) is 25.8 Å². The number of benzene rings is 1. The Hall–Kier alpha value is -1.89. The molecule has 1 aliphatic rings. The van der Waals surface area contributed by atoms with Crippen LogP contribution in [-0.4, -0.2) is 37.7 Å². The summed E-state index contributed by atoms with van der Waals surface area (Å²) in [6.07, 6.45) is 8.14. The van der Waals surface area contributed by atoms with E-state index in [1.807, 2.05) is 0 Å². The van der Waals surface area contributed by atoms with E-state index in [0.717, 1.165) is 25.5 Å². The van der Waals surface area contributed by atoms with Gasteiger partial charge in [0.1, 0.15) is 0 Å². The summed E-state index contributed by atoms with van der Waals surface area (Å²) in [5.74, 6) is -0.626. The Labute approximate surface area is 161 Å². The fourth-order valence-corrected chi connectivity index (χ4v) is 4.78. The summed E-state index contributed by atoms with van der Waals surface area (Å²) in [5.41, 5.74) is 0.465. The molecule has 0 radical (unpaired) electrons. The molecule has 2 rings (SSSR count). The van der Waals surface area contributed by atoms with Crippen molar-refractivity contribution in [3.63, 3.8) is 0 Å². The Balaban J connectivity index is 2.03. The van der Waals surface area contributed by atoms with Crippen LogP contribution in [0.25, 0.3) is 0 Å². The molecular formula is C20H29NO5S.